The Kier molecular flexibility index (Phi) is 4.67. The van der Waals surface area contributed by atoms with Crippen molar-refractivity contribution in [2.24, 2.45) is 0 Å². The second-order valence-electron chi connectivity index (χ2n) is 3.25. The van der Waals surface area contributed by atoms with Gasteiger partial charge in [-0.3, -0.25) is 0 Å². The van der Waals surface area contributed by atoms with Gasteiger partial charge in [-0.15, -0.1) is 0 Å². The number of carbonyl (C=O) groups is 1. The molecule has 0 amide bonds. The molecule has 1 rings (SSSR count). The summed E-state index contributed by atoms with van der Waals surface area (Å²) in [5, 5.41) is 18.2. The van der Waals surface area contributed by atoms with Crippen LogP contribution in [-0.2, 0) is 4.74 Å². The highest BCUT2D eigenvalue weighted by molar-refractivity contribution is 8.00. The smallest absolute Gasteiger partial charge is 0.446 e. The Labute approximate surface area is 110 Å². The van der Waals surface area contributed by atoms with Crippen molar-refractivity contribution in [1.82, 2.24) is 0 Å². The normalized spacial score (nSPS) is 10.9. The van der Waals surface area contributed by atoms with Crippen LogP contribution in [0.2, 0.25) is 0 Å². The largest absolute Gasteiger partial charge is 0.508 e. The van der Waals surface area contributed by atoms with Gasteiger partial charge in [-0.25, -0.2) is 4.79 Å². The fourth-order valence-electron chi connectivity index (χ4n) is 1.29. The van der Waals surface area contributed by atoms with Gasteiger partial charge in [0.05, 0.1) is 17.7 Å². The minimum absolute atomic E-state index is 0.00110. The highest BCUT2D eigenvalue weighted by atomic mass is 32.2. The summed E-state index contributed by atoms with van der Waals surface area (Å²) in [6.07, 6.45) is 0. The monoisotopic (exact) mass is 291 g/mol. The molecule has 1 aromatic rings. The van der Waals surface area contributed by atoms with Crippen molar-refractivity contribution in [2.75, 3.05) is 6.61 Å². The summed E-state index contributed by atoms with van der Waals surface area (Å²) < 4.78 is 41.6. The summed E-state index contributed by atoms with van der Waals surface area (Å²) in [5.41, 5.74) is -5.50. The molecule has 1 aromatic carbocycles. The van der Waals surface area contributed by atoms with E-state index in [0.717, 1.165) is 12.1 Å². The fraction of sp³-hybridized carbons (Fsp3) is 0.273. The van der Waals surface area contributed by atoms with Crippen LogP contribution in [0.5, 0.6) is 5.75 Å². The first-order valence-electron chi connectivity index (χ1n) is 4.98. The lowest BCUT2D eigenvalue weighted by Crippen LogP contribution is -2.09. The predicted molar refractivity (Wildman–Crippen MR) is 60.7 cm³/mol. The Balaban J connectivity index is 3.34. The molecule has 0 saturated carbocycles. The topological polar surface area (TPSA) is 70.3 Å². The van der Waals surface area contributed by atoms with E-state index < -0.39 is 45.0 Å². The molecule has 102 valence electrons. The SMILES string of the molecule is CCOC(=O)c1cc(O)cc(SC(F)(F)F)c1C#N. The average molecular weight is 291 g/mol. The third-order valence-corrected chi connectivity index (χ3v) is 2.69. The molecule has 0 fully saturated rings. The molecular formula is C11H8F3NO3S. The van der Waals surface area contributed by atoms with Gasteiger partial charge in [0.2, 0.25) is 0 Å². The summed E-state index contributed by atoms with van der Waals surface area (Å²) >= 11 is -0.575. The van der Waals surface area contributed by atoms with Crippen LogP contribution < -0.4 is 0 Å². The third-order valence-electron chi connectivity index (χ3n) is 1.92. The first kappa shape index (κ1) is 15.2. The van der Waals surface area contributed by atoms with Gasteiger partial charge >= 0.3 is 11.5 Å². The van der Waals surface area contributed by atoms with Crippen molar-refractivity contribution in [3.05, 3.63) is 23.3 Å². The number of halogens is 3. The number of nitriles is 1. The van der Waals surface area contributed by atoms with Gasteiger partial charge in [-0.2, -0.15) is 18.4 Å². The molecule has 8 heteroatoms. The lowest BCUT2D eigenvalue weighted by atomic mass is 10.1. The van der Waals surface area contributed by atoms with Gasteiger partial charge in [0.15, 0.2) is 0 Å². The quantitative estimate of drug-likeness (QED) is 0.684. The molecule has 0 radical (unpaired) electrons. The van der Waals surface area contributed by atoms with Crippen molar-refractivity contribution >= 4 is 17.7 Å². The number of benzene rings is 1. The number of rotatable bonds is 3. The van der Waals surface area contributed by atoms with Crippen LogP contribution in [-0.4, -0.2) is 23.2 Å². The number of alkyl halides is 3. The first-order valence-corrected chi connectivity index (χ1v) is 5.80. The van der Waals surface area contributed by atoms with E-state index in [-0.39, 0.29) is 6.61 Å². The molecule has 0 aliphatic carbocycles. The minimum atomic E-state index is -4.63. The maximum absolute atomic E-state index is 12.3. The van der Waals surface area contributed by atoms with E-state index in [1.165, 1.54) is 13.0 Å². The first-order chi connectivity index (χ1) is 8.78. The highest BCUT2D eigenvalue weighted by Crippen LogP contribution is 2.40. The number of carbonyl (C=O) groups excluding carboxylic acids is 1. The van der Waals surface area contributed by atoms with E-state index >= 15 is 0 Å². The van der Waals surface area contributed by atoms with Crippen molar-refractivity contribution in [3.8, 4) is 11.8 Å². The number of phenolic OH excluding ortho intramolecular Hbond substituents is 1. The fourth-order valence-corrected chi connectivity index (χ4v) is 1.98. The van der Waals surface area contributed by atoms with Gasteiger partial charge in [0.25, 0.3) is 0 Å². The van der Waals surface area contributed by atoms with E-state index in [9.17, 15) is 23.1 Å². The summed E-state index contributed by atoms with van der Waals surface area (Å²) in [5.74, 6) is -1.51. The average Bonchev–Trinajstić information content (AvgIpc) is 2.26. The zero-order valence-electron chi connectivity index (χ0n) is 9.61. The number of nitrogens with zero attached hydrogens (tertiary/aromatic N) is 1. The van der Waals surface area contributed by atoms with Crippen LogP contribution in [0, 0.1) is 11.3 Å². The second-order valence-corrected chi connectivity index (χ2v) is 4.35. The lowest BCUT2D eigenvalue weighted by Gasteiger charge is -2.11. The van der Waals surface area contributed by atoms with Crippen molar-refractivity contribution in [2.45, 2.75) is 17.3 Å². The van der Waals surface area contributed by atoms with Crippen LogP contribution in [0.1, 0.15) is 22.8 Å². The number of aromatic hydroxyl groups is 1. The predicted octanol–water partition coefficient (Wildman–Crippen LogP) is 3.05. The van der Waals surface area contributed by atoms with E-state index in [4.69, 9.17) is 5.26 Å². The van der Waals surface area contributed by atoms with Gasteiger partial charge in [-0.05, 0) is 30.8 Å². The van der Waals surface area contributed by atoms with Gasteiger partial charge in [0.1, 0.15) is 11.8 Å². The van der Waals surface area contributed by atoms with Crippen LogP contribution in [0.4, 0.5) is 13.2 Å². The summed E-state index contributed by atoms with van der Waals surface area (Å²) in [4.78, 5) is 11.0. The van der Waals surface area contributed by atoms with E-state index in [1.54, 1.807) is 0 Å². The van der Waals surface area contributed by atoms with Gasteiger partial charge < -0.3 is 9.84 Å². The Bertz CT molecular complexity index is 537. The second kappa shape index (κ2) is 5.84. The van der Waals surface area contributed by atoms with Gasteiger partial charge in [0, 0.05) is 4.90 Å². The van der Waals surface area contributed by atoms with Gasteiger partial charge in [-0.1, -0.05) is 0 Å². The number of thioether (sulfide) groups is 1. The molecule has 0 aliphatic rings. The van der Waals surface area contributed by atoms with Crippen LogP contribution >= 0.6 is 11.8 Å². The van der Waals surface area contributed by atoms with E-state index in [2.05, 4.69) is 4.74 Å². The minimum Gasteiger partial charge on any atom is -0.508 e. The molecule has 0 heterocycles. The van der Waals surface area contributed by atoms with Crippen molar-refractivity contribution < 1.29 is 27.8 Å². The number of esters is 1. The van der Waals surface area contributed by atoms with E-state index in [1.807, 2.05) is 0 Å². The molecule has 0 spiro atoms. The molecule has 19 heavy (non-hydrogen) atoms. The number of ether oxygens (including phenoxy) is 1. The molecule has 0 bridgehead atoms. The number of hydrogen-bond donors (Lipinski definition) is 1. The van der Waals surface area contributed by atoms with Crippen molar-refractivity contribution in [3.63, 3.8) is 0 Å². The Morgan fingerprint density at radius 1 is 1.53 bits per heavy atom. The zero-order chi connectivity index (χ0) is 14.6. The molecule has 0 aliphatic heterocycles. The van der Waals surface area contributed by atoms with Crippen LogP contribution in [0.25, 0.3) is 0 Å². The summed E-state index contributed by atoms with van der Waals surface area (Å²) in [6.45, 7) is 1.51. The molecule has 1 N–H and O–H groups in total. The molecule has 0 unspecified atom stereocenters. The maximum Gasteiger partial charge on any atom is 0.446 e. The Hall–Kier alpha value is -1.88. The third kappa shape index (κ3) is 4.06. The van der Waals surface area contributed by atoms with Crippen molar-refractivity contribution in [1.29, 1.82) is 5.26 Å². The highest BCUT2D eigenvalue weighted by Gasteiger charge is 2.32. The van der Waals surface area contributed by atoms with Crippen LogP contribution in [0.3, 0.4) is 0 Å². The van der Waals surface area contributed by atoms with E-state index in [0.29, 0.717) is 0 Å². The molecule has 4 nitrogen and oxygen atoms in total. The summed E-state index contributed by atoms with van der Waals surface area (Å²) in [6, 6.07) is 3.20. The number of phenols is 1. The number of hydrogen-bond acceptors (Lipinski definition) is 5. The van der Waals surface area contributed by atoms with Crippen LogP contribution in [0.15, 0.2) is 17.0 Å². The zero-order valence-corrected chi connectivity index (χ0v) is 10.4. The molecular weight excluding hydrogens is 283 g/mol. The molecule has 0 saturated heterocycles. The molecule has 0 aromatic heterocycles. The molecule has 0 atom stereocenters. The Morgan fingerprint density at radius 3 is 2.63 bits per heavy atom. The lowest BCUT2D eigenvalue weighted by molar-refractivity contribution is -0.0328. The maximum atomic E-state index is 12.3. The summed E-state index contributed by atoms with van der Waals surface area (Å²) in [7, 11) is 0. The standard InChI is InChI=1S/C11H8F3NO3S/c1-2-18-10(17)7-3-6(16)4-9(8(7)5-15)19-11(12,13)14/h3-4,16H,2H2,1H3. The Morgan fingerprint density at radius 2 is 2.16 bits per heavy atom.